The molecule has 0 aromatic heterocycles. The first kappa shape index (κ1) is 16.7. The Hall–Kier alpha value is -1.43. The van der Waals surface area contributed by atoms with Crippen molar-refractivity contribution in [1.82, 2.24) is 10.2 Å². The van der Waals surface area contributed by atoms with Crippen LogP contribution in [-0.4, -0.2) is 47.6 Å². The molecule has 140 valence electrons. The van der Waals surface area contributed by atoms with Gasteiger partial charge in [-0.25, -0.2) is 0 Å². The maximum atomic E-state index is 12.8. The zero-order valence-electron chi connectivity index (χ0n) is 15.5. The van der Waals surface area contributed by atoms with Gasteiger partial charge in [0.15, 0.2) is 0 Å². The van der Waals surface area contributed by atoms with E-state index >= 15 is 0 Å². The molecule has 0 radical (unpaired) electrons. The molecule has 2 aliphatic heterocycles. The monoisotopic (exact) mass is 356 g/mol. The average Bonchev–Trinajstić information content (AvgIpc) is 2.94. The fourth-order valence-electron chi connectivity index (χ4n) is 5.46. The summed E-state index contributed by atoms with van der Waals surface area (Å²) in [4.78, 5) is 14.9. The predicted molar refractivity (Wildman–Crippen MR) is 97.4 cm³/mol. The van der Waals surface area contributed by atoms with Crippen LogP contribution < -0.4 is 5.32 Å². The van der Waals surface area contributed by atoms with Crippen molar-refractivity contribution >= 4 is 5.91 Å². The number of aliphatic hydroxyl groups excluding tert-OH is 1. The van der Waals surface area contributed by atoms with Gasteiger partial charge < -0.3 is 14.7 Å². The molecule has 1 aromatic rings. The number of hydrogen-bond acceptors (Lipinski definition) is 4. The summed E-state index contributed by atoms with van der Waals surface area (Å²) in [6, 6.07) is 9.02. The quantitative estimate of drug-likeness (QED) is 0.870. The third-order valence-electron chi connectivity index (χ3n) is 7.04. The van der Waals surface area contributed by atoms with E-state index in [2.05, 4.69) is 48.3 Å². The number of carbonyl (C=O) groups is 1. The fraction of sp³-hybridized carbons (Fsp3) is 0.667. The third-order valence-corrected chi connectivity index (χ3v) is 7.04. The second kappa shape index (κ2) is 5.78. The number of nitrogens with one attached hydrogen (secondary N) is 1. The molecule has 2 saturated heterocycles. The molecule has 0 bridgehead atoms. The Morgan fingerprint density at radius 3 is 2.65 bits per heavy atom. The van der Waals surface area contributed by atoms with Crippen LogP contribution >= 0.6 is 0 Å². The number of carbonyl (C=O) groups excluding carboxylic acids is 1. The maximum absolute atomic E-state index is 12.8. The lowest BCUT2D eigenvalue weighted by Crippen LogP contribution is -2.58. The number of ether oxygens (including phenoxy) is 1. The molecule has 5 nitrogen and oxygen atoms in total. The molecule has 26 heavy (non-hydrogen) atoms. The van der Waals surface area contributed by atoms with Crippen molar-refractivity contribution in [3.8, 4) is 0 Å². The number of aliphatic hydroxyl groups is 1. The van der Waals surface area contributed by atoms with Gasteiger partial charge in [0, 0.05) is 24.5 Å². The molecule has 2 N–H and O–H groups in total. The minimum Gasteiger partial charge on any atom is -0.356 e. The van der Waals surface area contributed by atoms with Gasteiger partial charge >= 0.3 is 0 Å². The summed E-state index contributed by atoms with van der Waals surface area (Å²) in [5.41, 5.74) is 2.71. The van der Waals surface area contributed by atoms with Gasteiger partial charge in [0.05, 0.1) is 6.61 Å². The van der Waals surface area contributed by atoms with E-state index < -0.39 is 6.41 Å². The van der Waals surface area contributed by atoms with Gasteiger partial charge in [-0.3, -0.25) is 10.1 Å². The highest BCUT2D eigenvalue weighted by molar-refractivity contribution is 5.81. The summed E-state index contributed by atoms with van der Waals surface area (Å²) in [6.07, 6.45) is 0.705. The molecular formula is C21H28N2O3. The largest absolute Gasteiger partial charge is 0.356 e. The molecule has 4 aliphatic rings. The van der Waals surface area contributed by atoms with Gasteiger partial charge in [-0.15, -0.1) is 0 Å². The van der Waals surface area contributed by atoms with E-state index in [1.54, 1.807) is 0 Å². The molecular weight excluding hydrogens is 328 g/mol. The number of rotatable bonds is 3. The van der Waals surface area contributed by atoms with Crippen LogP contribution in [0.15, 0.2) is 24.3 Å². The Kier molecular flexibility index (Phi) is 3.72. The number of benzene rings is 1. The van der Waals surface area contributed by atoms with E-state index in [-0.39, 0.29) is 11.5 Å². The third kappa shape index (κ3) is 2.60. The summed E-state index contributed by atoms with van der Waals surface area (Å²) in [5, 5.41) is 12.5. The average molecular weight is 356 g/mol. The molecule has 4 fully saturated rings. The van der Waals surface area contributed by atoms with Crippen molar-refractivity contribution in [2.45, 2.75) is 50.5 Å². The smallest absolute Gasteiger partial charge is 0.225 e. The van der Waals surface area contributed by atoms with Crippen molar-refractivity contribution in [1.29, 1.82) is 0 Å². The standard InChI is InChI=1S/C21H28N2O3/c1-12(2)13-4-3-5-14(6-13)18-16-9-23(10-17(16)18)19(24)15-7-21(8-15)11-26-20(25)22-21/h3-6,12,15-18,20,22,25H,7-11H2,1-2H3/t15?,16-,17+,18?,20?,21?. The molecule has 2 aliphatic carbocycles. The summed E-state index contributed by atoms with van der Waals surface area (Å²) in [6.45, 7) is 6.81. The highest BCUT2D eigenvalue weighted by Crippen LogP contribution is 2.59. The van der Waals surface area contributed by atoms with Gasteiger partial charge in [-0.2, -0.15) is 0 Å². The lowest BCUT2D eigenvalue weighted by atomic mass is 9.68. The van der Waals surface area contributed by atoms with Gasteiger partial charge in [0.1, 0.15) is 0 Å². The van der Waals surface area contributed by atoms with E-state index in [4.69, 9.17) is 4.74 Å². The first-order valence-corrected chi connectivity index (χ1v) is 9.92. The Bertz CT molecular complexity index is 716. The van der Waals surface area contributed by atoms with Crippen molar-refractivity contribution in [3.05, 3.63) is 35.4 Å². The highest BCUT2D eigenvalue weighted by Gasteiger charge is 2.59. The Labute approximate surface area is 154 Å². The fourth-order valence-corrected chi connectivity index (χ4v) is 5.46. The number of nitrogens with zero attached hydrogens (tertiary/aromatic N) is 1. The number of amides is 1. The molecule has 4 atom stereocenters. The van der Waals surface area contributed by atoms with Crippen LogP contribution in [0.3, 0.4) is 0 Å². The molecule has 5 rings (SSSR count). The second-order valence-corrected chi connectivity index (χ2v) is 9.11. The van der Waals surface area contributed by atoms with Crippen molar-refractivity contribution in [3.63, 3.8) is 0 Å². The second-order valence-electron chi connectivity index (χ2n) is 9.11. The van der Waals surface area contributed by atoms with Crippen LogP contribution in [0.25, 0.3) is 0 Å². The van der Waals surface area contributed by atoms with E-state index in [1.807, 2.05) is 0 Å². The first-order valence-electron chi connectivity index (χ1n) is 9.92. The maximum Gasteiger partial charge on any atom is 0.225 e. The Balaban J connectivity index is 1.17. The van der Waals surface area contributed by atoms with Crippen molar-refractivity contribution in [2.24, 2.45) is 17.8 Å². The van der Waals surface area contributed by atoms with E-state index in [9.17, 15) is 9.90 Å². The summed E-state index contributed by atoms with van der Waals surface area (Å²) >= 11 is 0. The molecule has 5 heteroatoms. The lowest BCUT2D eigenvalue weighted by molar-refractivity contribution is -0.140. The Morgan fingerprint density at radius 2 is 2.04 bits per heavy atom. The van der Waals surface area contributed by atoms with E-state index in [1.165, 1.54) is 11.1 Å². The zero-order valence-corrected chi connectivity index (χ0v) is 15.5. The lowest BCUT2D eigenvalue weighted by Gasteiger charge is -2.44. The molecule has 1 spiro atoms. The van der Waals surface area contributed by atoms with Gasteiger partial charge in [-0.05, 0) is 47.6 Å². The predicted octanol–water partition coefficient (Wildman–Crippen LogP) is 2.03. The normalized spacial score (nSPS) is 40.8. The highest BCUT2D eigenvalue weighted by atomic mass is 16.6. The molecule has 1 amide bonds. The SMILES string of the molecule is CC(C)c1cccc(C2[C@H]3CN(C(=O)C4CC5(COC(O)N5)C4)C[C@@H]23)c1. The molecule has 2 heterocycles. The van der Waals surface area contributed by atoms with Crippen LogP contribution in [0.2, 0.25) is 0 Å². The van der Waals surface area contributed by atoms with Crippen molar-refractivity contribution in [2.75, 3.05) is 19.7 Å². The molecule has 2 unspecified atom stereocenters. The van der Waals surface area contributed by atoms with Crippen LogP contribution in [-0.2, 0) is 9.53 Å². The van der Waals surface area contributed by atoms with Crippen LogP contribution in [0.5, 0.6) is 0 Å². The molecule has 1 aromatic carbocycles. The summed E-state index contributed by atoms with van der Waals surface area (Å²) in [5.74, 6) is 2.89. The van der Waals surface area contributed by atoms with Gasteiger partial charge in [0.25, 0.3) is 0 Å². The number of fused-ring (bicyclic) bond motifs is 1. The number of likely N-dealkylation sites (tertiary alicyclic amines) is 1. The topological polar surface area (TPSA) is 61.8 Å². The van der Waals surface area contributed by atoms with E-state index in [0.29, 0.717) is 36.2 Å². The first-order chi connectivity index (χ1) is 12.5. The summed E-state index contributed by atoms with van der Waals surface area (Å²) in [7, 11) is 0. The Morgan fingerprint density at radius 1 is 1.31 bits per heavy atom. The van der Waals surface area contributed by atoms with Gasteiger partial charge in [-0.1, -0.05) is 38.1 Å². The minimum atomic E-state index is -0.868. The zero-order chi connectivity index (χ0) is 18.1. The van der Waals surface area contributed by atoms with E-state index in [0.717, 1.165) is 25.9 Å². The van der Waals surface area contributed by atoms with Crippen LogP contribution in [0.1, 0.15) is 49.7 Å². The van der Waals surface area contributed by atoms with Crippen LogP contribution in [0, 0.1) is 17.8 Å². The summed E-state index contributed by atoms with van der Waals surface area (Å²) < 4.78 is 5.20. The van der Waals surface area contributed by atoms with Crippen LogP contribution in [0.4, 0.5) is 0 Å². The number of hydrogen-bond donors (Lipinski definition) is 2. The van der Waals surface area contributed by atoms with Gasteiger partial charge in [0.2, 0.25) is 12.3 Å². The number of piperidine rings is 1. The molecule has 2 saturated carbocycles. The minimum absolute atomic E-state index is 0.0941. The van der Waals surface area contributed by atoms with Crippen molar-refractivity contribution < 1.29 is 14.6 Å².